The Kier molecular flexibility index (Phi) is 7.72. The van der Waals surface area contributed by atoms with Gasteiger partial charge in [-0.25, -0.2) is 9.97 Å². The van der Waals surface area contributed by atoms with E-state index in [2.05, 4.69) is 15.3 Å². The van der Waals surface area contributed by atoms with Crippen LogP contribution in [0.4, 0.5) is 5.69 Å². The SMILES string of the molecule is O=C(Nc1cccc(COCC2CCCCO2)c1)c1oc2ccccc2c1CSc1ncccn1. The van der Waals surface area contributed by atoms with Crippen LogP contribution in [-0.2, 0) is 21.8 Å². The van der Waals surface area contributed by atoms with Crippen LogP contribution in [0.5, 0.6) is 0 Å². The monoisotopic (exact) mass is 489 g/mol. The molecule has 1 fully saturated rings. The molecule has 8 heteroatoms. The number of nitrogens with zero attached hydrogens (tertiary/aromatic N) is 2. The standard InChI is InChI=1S/C27H27N3O4S/c31-26(30-20-8-5-7-19(15-20)16-32-17-21-9-3-4-14-33-21)25-23(18-35-27-28-12-6-13-29-27)22-10-1-2-11-24(22)34-25/h1-2,5-8,10-13,15,21H,3-4,9,14,16-18H2,(H,30,31). The summed E-state index contributed by atoms with van der Waals surface area (Å²) in [4.78, 5) is 21.8. The van der Waals surface area contributed by atoms with E-state index < -0.39 is 0 Å². The molecule has 1 saturated heterocycles. The Hall–Kier alpha value is -3.20. The van der Waals surface area contributed by atoms with Gasteiger partial charge in [0.15, 0.2) is 10.9 Å². The van der Waals surface area contributed by atoms with Crippen LogP contribution in [0.2, 0.25) is 0 Å². The largest absolute Gasteiger partial charge is 0.451 e. The van der Waals surface area contributed by atoms with Gasteiger partial charge in [0, 0.05) is 41.4 Å². The number of hydrogen-bond donors (Lipinski definition) is 1. The van der Waals surface area contributed by atoms with E-state index in [0.29, 0.717) is 41.2 Å². The summed E-state index contributed by atoms with van der Waals surface area (Å²) in [6, 6.07) is 17.1. The van der Waals surface area contributed by atoms with Crippen molar-refractivity contribution >= 4 is 34.3 Å². The highest BCUT2D eigenvalue weighted by atomic mass is 32.2. The molecule has 35 heavy (non-hydrogen) atoms. The molecule has 1 amide bonds. The van der Waals surface area contributed by atoms with Crippen LogP contribution in [-0.4, -0.2) is 35.2 Å². The number of nitrogens with one attached hydrogen (secondary N) is 1. The van der Waals surface area contributed by atoms with E-state index in [1.54, 1.807) is 18.5 Å². The molecule has 5 rings (SSSR count). The zero-order valence-corrected chi connectivity index (χ0v) is 20.1. The summed E-state index contributed by atoms with van der Waals surface area (Å²) in [6.07, 6.45) is 6.95. The number of furan rings is 1. The lowest BCUT2D eigenvalue weighted by Gasteiger charge is -2.22. The molecule has 1 atom stereocenters. The quantitative estimate of drug-likeness (QED) is 0.233. The van der Waals surface area contributed by atoms with E-state index in [9.17, 15) is 4.79 Å². The summed E-state index contributed by atoms with van der Waals surface area (Å²) in [5.74, 6) is 0.520. The number of amides is 1. The number of ether oxygens (including phenoxy) is 2. The second kappa shape index (κ2) is 11.5. The van der Waals surface area contributed by atoms with Crippen LogP contribution < -0.4 is 5.32 Å². The molecule has 2 aromatic carbocycles. The summed E-state index contributed by atoms with van der Waals surface area (Å²) < 4.78 is 17.6. The third-order valence-corrected chi connectivity index (χ3v) is 6.73. The number of carbonyl (C=O) groups is 1. The number of aromatic nitrogens is 2. The number of para-hydroxylation sites is 1. The molecular weight excluding hydrogens is 462 g/mol. The predicted octanol–water partition coefficient (Wildman–Crippen LogP) is 5.85. The molecule has 0 spiro atoms. The van der Waals surface area contributed by atoms with Gasteiger partial charge in [-0.15, -0.1) is 0 Å². The van der Waals surface area contributed by atoms with Crippen LogP contribution in [0, 0.1) is 0 Å². The summed E-state index contributed by atoms with van der Waals surface area (Å²) in [6.45, 7) is 1.87. The first-order valence-electron chi connectivity index (χ1n) is 11.8. The minimum atomic E-state index is -0.292. The highest BCUT2D eigenvalue weighted by Crippen LogP contribution is 2.31. The maximum Gasteiger partial charge on any atom is 0.291 e. The molecule has 1 unspecified atom stereocenters. The van der Waals surface area contributed by atoms with Crippen molar-refractivity contribution in [3.05, 3.63) is 83.9 Å². The molecule has 180 valence electrons. The van der Waals surface area contributed by atoms with Gasteiger partial charge in [-0.05, 0) is 49.1 Å². The van der Waals surface area contributed by atoms with Crippen LogP contribution in [0.1, 0.15) is 40.9 Å². The van der Waals surface area contributed by atoms with Crippen LogP contribution in [0.25, 0.3) is 11.0 Å². The Morgan fingerprint density at radius 1 is 1.09 bits per heavy atom. The van der Waals surface area contributed by atoms with Gasteiger partial charge in [-0.3, -0.25) is 4.79 Å². The molecule has 1 aliphatic rings. The van der Waals surface area contributed by atoms with Crippen LogP contribution in [0.3, 0.4) is 0 Å². The number of hydrogen-bond acceptors (Lipinski definition) is 7. The smallest absolute Gasteiger partial charge is 0.291 e. The van der Waals surface area contributed by atoms with Crippen LogP contribution in [0.15, 0.2) is 76.6 Å². The minimum Gasteiger partial charge on any atom is -0.451 e. The topological polar surface area (TPSA) is 86.5 Å². The first-order chi connectivity index (χ1) is 17.3. The highest BCUT2D eigenvalue weighted by Gasteiger charge is 2.21. The zero-order chi connectivity index (χ0) is 23.9. The van der Waals surface area contributed by atoms with Crippen molar-refractivity contribution < 1.29 is 18.7 Å². The molecular formula is C27H27N3O4S. The van der Waals surface area contributed by atoms with Crippen molar-refractivity contribution in [2.45, 2.75) is 42.9 Å². The Labute approximate surface area is 208 Å². The van der Waals surface area contributed by atoms with E-state index >= 15 is 0 Å². The molecule has 1 aliphatic heterocycles. The number of anilines is 1. The molecule has 0 radical (unpaired) electrons. The fourth-order valence-corrected chi connectivity index (χ4v) is 4.93. The van der Waals surface area contributed by atoms with E-state index in [-0.39, 0.29) is 12.0 Å². The molecule has 4 aromatic rings. The third kappa shape index (κ3) is 6.08. The number of fused-ring (bicyclic) bond motifs is 1. The van der Waals surface area contributed by atoms with E-state index in [1.165, 1.54) is 18.2 Å². The van der Waals surface area contributed by atoms with Crippen molar-refractivity contribution in [2.24, 2.45) is 0 Å². The van der Waals surface area contributed by atoms with Crippen LogP contribution >= 0.6 is 11.8 Å². The fourth-order valence-electron chi connectivity index (χ4n) is 4.10. The lowest BCUT2D eigenvalue weighted by molar-refractivity contribution is -0.0447. The fraction of sp³-hybridized carbons (Fsp3) is 0.296. The summed E-state index contributed by atoms with van der Waals surface area (Å²) >= 11 is 1.47. The van der Waals surface area contributed by atoms with Gasteiger partial charge in [0.25, 0.3) is 5.91 Å². The number of benzene rings is 2. The summed E-state index contributed by atoms with van der Waals surface area (Å²) in [7, 11) is 0. The van der Waals surface area contributed by atoms with Crippen molar-refractivity contribution in [1.82, 2.24) is 9.97 Å². The van der Waals surface area contributed by atoms with Gasteiger partial charge in [0.2, 0.25) is 0 Å². The van der Waals surface area contributed by atoms with Gasteiger partial charge in [-0.2, -0.15) is 0 Å². The molecule has 0 bridgehead atoms. The normalized spacial score (nSPS) is 15.8. The second-order valence-electron chi connectivity index (χ2n) is 8.38. The van der Waals surface area contributed by atoms with Crippen molar-refractivity contribution in [1.29, 1.82) is 0 Å². The Morgan fingerprint density at radius 2 is 1.97 bits per heavy atom. The predicted molar refractivity (Wildman–Crippen MR) is 135 cm³/mol. The maximum absolute atomic E-state index is 13.3. The van der Waals surface area contributed by atoms with E-state index in [0.717, 1.165) is 36.0 Å². The molecule has 3 heterocycles. The molecule has 0 saturated carbocycles. The first kappa shape index (κ1) is 23.5. The third-order valence-electron chi connectivity index (χ3n) is 5.82. The maximum atomic E-state index is 13.3. The summed E-state index contributed by atoms with van der Waals surface area (Å²) in [5.41, 5.74) is 3.17. The van der Waals surface area contributed by atoms with Crippen molar-refractivity contribution in [2.75, 3.05) is 18.5 Å². The average molecular weight is 490 g/mol. The number of rotatable bonds is 9. The Bertz CT molecular complexity index is 1270. The number of carbonyl (C=O) groups excluding carboxylic acids is 1. The molecule has 1 N–H and O–H groups in total. The Morgan fingerprint density at radius 3 is 2.83 bits per heavy atom. The van der Waals surface area contributed by atoms with Gasteiger partial charge >= 0.3 is 0 Å². The van der Waals surface area contributed by atoms with Gasteiger partial charge in [-0.1, -0.05) is 42.1 Å². The lowest BCUT2D eigenvalue weighted by Crippen LogP contribution is -2.24. The Balaban J connectivity index is 1.27. The zero-order valence-electron chi connectivity index (χ0n) is 19.3. The minimum absolute atomic E-state index is 0.178. The second-order valence-corrected chi connectivity index (χ2v) is 9.33. The van der Waals surface area contributed by atoms with E-state index in [1.807, 2.05) is 48.5 Å². The average Bonchev–Trinajstić information content (AvgIpc) is 3.28. The van der Waals surface area contributed by atoms with Crippen molar-refractivity contribution in [3.8, 4) is 0 Å². The molecule has 2 aromatic heterocycles. The lowest BCUT2D eigenvalue weighted by atomic mass is 10.1. The molecule has 0 aliphatic carbocycles. The molecule has 7 nitrogen and oxygen atoms in total. The first-order valence-corrected chi connectivity index (χ1v) is 12.7. The van der Waals surface area contributed by atoms with Gasteiger partial charge in [0.1, 0.15) is 5.58 Å². The van der Waals surface area contributed by atoms with Gasteiger partial charge < -0.3 is 19.2 Å². The highest BCUT2D eigenvalue weighted by molar-refractivity contribution is 7.98. The van der Waals surface area contributed by atoms with E-state index in [4.69, 9.17) is 13.9 Å². The van der Waals surface area contributed by atoms with Crippen molar-refractivity contribution in [3.63, 3.8) is 0 Å². The van der Waals surface area contributed by atoms with Gasteiger partial charge in [0.05, 0.1) is 19.3 Å². The summed E-state index contributed by atoms with van der Waals surface area (Å²) in [5, 5.41) is 4.54. The number of thioether (sulfide) groups is 1.